The maximum absolute atomic E-state index is 12.0. The van der Waals surface area contributed by atoms with Gasteiger partial charge in [-0.3, -0.25) is 4.79 Å². The molecule has 1 amide bonds. The minimum Gasteiger partial charge on any atom is -0.494 e. The van der Waals surface area contributed by atoms with Gasteiger partial charge in [-0.1, -0.05) is 5.16 Å². The summed E-state index contributed by atoms with van der Waals surface area (Å²) in [6, 6.07) is 8.72. The molecule has 21 heavy (non-hydrogen) atoms. The van der Waals surface area contributed by atoms with Gasteiger partial charge in [-0.15, -0.1) is 0 Å². The fourth-order valence-electron chi connectivity index (χ4n) is 1.79. The number of amides is 1. The van der Waals surface area contributed by atoms with Crippen LogP contribution in [-0.4, -0.2) is 23.7 Å². The van der Waals surface area contributed by atoms with Gasteiger partial charge in [0, 0.05) is 11.8 Å². The summed E-state index contributed by atoms with van der Waals surface area (Å²) in [6.45, 7) is 6.11. The molecule has 0 aliphatic carbocycles. The number of hydrogen-bond acceptors (Lipinski definition) is 5. The fraction of sp³-hybridized carbons (Fsp3) is 0.333. The zero-order chi connectivity index (χ0) is 15.2. The van der Waals surface area contributed by atoms with Gasteiger partial charge in [0.25, 0.3) is 0 Å². The molecule has 0 aliphatic heterocycles. The Kier molecular flexibility index (Phi) is 4.81. The Balaban J connectivity index is 1.90. The number of aryl methyl sites for hydroxylation is 1. The van der Waals surface area contributed by atoms with Gasteiger partial charge in [-0.25, -0.2) is 0 Å². The van der Waals surface area contributed by atoms with Crippen molar-refractivity contribution in [1.29, 1.82) is 0 Å². The number of hydrogen-bond donors (Lipinski definition) is 2. The van der Waals surface area contributed by atoms with E-state index in [9.17, 15) is 4.79 Å². The average molecular weight is 289 g/mol. The number of aromatic nitrogens is 1. The molecule has 0 fully saturated rings. The lowest BCUT2D eigenvalue weighted by Crippen LogP contribution is -2.31. The van der Waals surface area contributed by atoms with E-state index in [0.29, 0.717) is 18.2 Å². The van der Waals surface area contributed by atoms with Gasteiger partial charge in [-0.2, -0.15) is 0 Å². The van der Waals surface area contributed by atoms with Crippen molar-refractivity contribution >= 4 is 17.4 Å². The highest BCUT2D eigenvalue weighted by atomic mass is 16.5. The molecule has 1 unspecified atom stereocenters. The highest BCUT2D eigenvalue weighted by molar-refractivity contribution is 5.95. The zero-order valence-corrected chi connectivity index (χ0v) is 12.3. The van der Waals surface area contributed by atoms with Crippen LogP contribution in [0.4, 0.5) is 11.5 Å². The van der Waals surface area contributed by atoms with Crippen molar-refractivity contribution in [3.8, 4) is 5.75 Å². The summed E-state index contributed by atoms with van der Waals surface area (Å²) < 4.78 is 10.3. The lowest BCUT2D eigenvalue weighted by atomic mass is 10.2. The molecule has 0 bridgehead atoms. The first-order chi connectivity index (χ1) is 10.1. The van der Waals surface area contributed by atoms with Gasteiger partial charge in [0.1, 0.15) is 17.6 Å². The minimum atomic E-state index is -0.403. The van der Waals surface area contributed by atoms with Crippen LogP contribution in [0.2, 0.25) is 0 Å². The normalized spacial score (nSPS) is 11.8. The van der Waals surface area contributed by atoms with Gasteiger partial charge in [-0.05, 0) is 45.0 Å². The molecule has 0 saturated heterocycles. The van der Waals surface area contributed by atoms with Crippen molar-refractivity contribution in [2.45, 2.75) is 26.8 Å². The van der Waals surface area contributed by atoms with Gasteiger partial charge in [0.15, 0.2) is 5.82 Å². The van der Waals surface area contributed by atoms with Crippen LogP contribution in [0.3, 0.4) is 0 Å². The maximum Gasteiger partial charge on any atom is 0.247 e. The van der Waals surface area contributed by atoms with E-state index < -0.39 is 6.04 Å². The first-order valence-corrected chi connectivity index (χ1v) is 6.82. The van der Waals surface area contributed by atoms with E-state index in [1.165, 1.54) is 0 Å². The van der Waals surface area contributed by atoms with Gasteiger partial charge in [0.2, 0.25) is 5.91 Å². The lowest BCUT2D eigenvalue weighted by Gasteiger charge is -2.14. The molecule has 1 atom stereocenters. The second-order valence-corrected chi connectivity index (χ2v) is 4.64. The molecule has 2 aromatic rings. The molecule has 6 nitrogen and oxygen atoms in total. The monoisotopic (exact) mass is 289 g/mol. The molecule has 2 rings (SSSR count). The van der Waals surface area contributed by atoms with E-state index >= 15 is 0 Å². The summed E-state index contributed by atoms with van der Waals surface area (Å²) in [5.74, 6) is 1.69. The zero-order valence-electron chi connectivity index (χ0n) is 12.3. The van der Waals surface area contributed by atoms with Crippen molar-refractivity contribution < 1.29 is 14.1 Å². The predicted octanol–water partition coefficient (Wildman–Crippen LogP) is 2.82. The third kappa shape index (κ3) is 4.24. The van der Waals surface area contributed by atoms with Crippen LogP contribution in [-0.2, 0) is 4.79 Å². The van der Waals surface area contributed by atoms with Crippen molar-refractivity contribution in [1.82, 2.24) is 5.16 Å². The van der Waals surface area contributed by atoms with Crippen LogP contribution in [0.25, 0.3) is 0 Å². The van der Waals surface area contributed by atoms with Crippen molar-refractivity contribution in [3.63, 3.8) is 0 Å². The summed E-state index contributed by atoms with van der Waals surface area (Å²) in [4.78, 5) is 12.0. The lowest BCUT2D eigenvalue weighted by molar-refractivity contribution is -0.116. The molecular weight excluding hydrogens is 270 g/mol. The fourth-order valence-corrected chi connectivity index (χ4v) is 1.79. The molecule has 1 aromatic heterocycles. The Bertz CT molecular complexity index is 592. The van der Waals surface area contributed by atoms with Crippen molar-refractivity contribution in [2.24, 2.45) is 0 Å². The number of carbonyl (C=O) groups excluding carboxylic acids is 1. The van der Waals surface area contributed by atoms with Crippen LogP contribution in [0, 0.1) is 6.92 Å². The maximum atomic E-state index is 12.0. The molecule has 0 radical (unpaired) electrons. The number of rotatable bonds is 6. The van der Waals surface area contributed by atoms with E-state index in [0.717, 1.165) is 11.4 Å². The summed E-state index contributed by atoms with van der Waals surface area (Å²) in [6.07, 6.45) is 0. The van der Waals surface area contributed by atoms with Crippen LogP contribution < -0.4 is 15.4 Å². The van der Waals surface area contributed by atoms with E-state index in [2.05, 4.69) is 15.8 Å². The van der Waals surface area contributed by atoms with Crippen LogP contribution >= 0.6 is 0 Å². The molecule has 1 heterocycles. The van der Waals surface area contributed by atoms with Crippen LogP contribution in [0.15, 0.2) is 34.9 Å². The molecule has 1 aromatic carbocycles. The second-order valence-electron chi connectivity index (χ2n) is 4.64. The molecular formula is C15H19N3O3. The Labute approximate surface area is 123 Å². The van der Waals surface area contributed by atoms with Crippen molar-refractivity contribution in [3.05, 3.63) is 36.1 Å². The summed E-state index contributed by atoms with van der Waals surface area (Å²) in [5, 5.41) is 9.52. The van der Waals surface area contributed by atoms with Crippen molar-refractivity contribution in [2.75, 3.05) is 17.2 Å². The Hall–Kier alpha value is -2.50. The van der Waals surface area contributed by atoms with E-state index in [1.54, 1.807) is 19.9 Å². The van der Waals surface area contributed by atoms with Crippen LogP contribution in [0.5, 0.6) is 5.75 Å². The topological polar surface area (TPSA) is 76.4 Å². The number of benzene rings is 1. The smallest absolute Gasteiger partial charge is 0.247 e. The molecule has 0 aliphatic rings. The number of anilines is 2. The quantitative estimate of drug-likeness (QED) is 0.855. The highest BCUT2D eigenvalue weighted by Gasteiger charge is 2.14. The van der Waals surface area contributed by atoms with Gasteiger partial charge >= 0.3 is 0 Å². The predicted molar refractivity (Wildman–Crippen MR) is 80.6 cm³/mol. The van der Waals surface area contributed by atoms with E-state index in [1.807, 2.05) is 31.2 Å². The molecule has 2 N–H and O–H groups in total. The highest BCUT2D eigenvalue weighted by Crippen LogP contribution is 2.16. The standard InChI is InChI=1S/C15H19N3O3/c1-4-20-13-7-5-12(6-8-13)16-11(3)15(19)17-14-9-10(2)21-18-14/h5-9,11,16H,4H2,1-3H3,(H,17,18,19). The summed E-state index contributed by atoms with van der Waals surface area (Å²) in [7, 11) is 0. The Morgan fingerprint density at radius 1 is 1.38 bits per heavy atom. The Morgan fingerprint density at radius 3 is 2.67 bits per heavy atom. The van der Waals surface area contributed by atoms with Crippen LogP contribution in [0.1, 0.15) is 19.6 Å². The summed E-state index contributed by atoms with van der Waals surface area (Å²) >= 11 is 0. The molecule has 0 saturated carbocycles. The SMILES string of the molecule is CCOc1ccc(NC(C)C(=O)Nc2cc(C)on2)cc1. The number of ether oxygens (including phenoxy) is 1. The van der Waals surface area contributed by atoms with Gasteiger partial charge in [0.05, 0.1) is 6.61 Å². The molecule has 0 spiro atoms. The number of carbonyl (C=O) groups is 1. The average Bonchev–Trinajstić information content (AvgIpc) is 2.86. The third-order valence-corrected chi connectivity index (χ3v) is 2.82. The molecule has 6 heteroatoms. The third-order valence-electron chi connectivity index (χ3n) is 2.82. The second kappa shape index (κ2) is 6.78. The number of nitrogens with zero attached hydrogens (tertiary/aromatic N) is 1. The first-order valence-electron chi connectivity index (χ1n) is 6.82. The number of nitrogens with one attached hydrogen (secondary N) is 2. The first kappa shape index (κ1) is 14.9. The van der Waals surface area contributed by atoms with Gasteiger partial charge < -0.3 is 19.9 Å². The minimum absolute atomic E-state index is 0.183. The molecule has 112 valence electrons. The largest absolute Gasteiger partial charge is 0.494 e. The van der Waals surface area contributed by atoms with E-state index in [4.69, 9.17) is 9.26 Å². The summed E-state index contributed by atoms with van der Waals surface area (Å²) in [5.41, 5.74) is 0.845. The Morgan fingerprint density at radius 2 is 2.10 bits per heavy atom. The van der Waals surface area contributed by atoms with E-state index in [-0.39, 0.29) is 5.91 Å².